The second-order valence-electron chi connectivity index (χ2n) is 3.88. The van der Waals surface area contributed by atoms with Crippen molar-refractivity contribution in [2.24, 2.45) is 0 Å². The molecule has 0 aliphatic carbocycles. The summed E-state index contributed by atoms with van der Waals surface area (Å²) in [7, 11) is 0. The second kappa shape index (κ2) is 5.56. The van der Waals surface area contributed by atoms with Gasteiger partial charge in [0.05, 0.1) is 0 Å². The first-order valence-corrected chi connectivity index (χ1v) is 6.58. The molecule has 1 nitrogen and oxygen atoms in total. The zero-order valence-corrected chi connectivity index (χ0v) is 11.8. The van der Waals surface area contributed by atoms with Crippen LogP contribution in [-0.2, 0) is 6.54 Å². The highest BCUT2D eigenvalue weighted by Gasteiger charge is 2.03. The van der Waals surface area contributed by atoms with Gasteiger partial charge in [0.25, 0.3) is 0 Å². The molecule has 0 aromatic heterocycles. The first kappa shape index (κ1) is 12.5. The summed E-state index contributed by atoms with van der Waals surface area (Å²) in [5, 5.41) is 4.17. The van der Waals surface area contributed by atoms with Gasteiger partial charge in [-0.3, -0.25) is 0 Å². The molecule has 0 saturated carbocycles. The lowest BCUT2D eigenvalue weighted by molar-refractivity contribution is 1.14. The third-order valence-electron chi connectivity index (χ3n) is 2.62. The first-order valence-electron chi connectivity index (χ1n) is 5.41. The fourth-order valence-corrected chi connectivity index (χ4v) is 2.22. The molecule has 0 heterocycles. The number of halogens is 2. The van der Waals surface area contributed by atoms with Gasteiger partial charge in [-0.2, -0.15) is 0 Å². The summed E-state index contributed by atoms with van der Waals surface area (Å²) in [6.45, 7) is 2.80. The molecule has 0 aliphatic heterocycles. The quantitative estimate of drug-likeness (QED) is 0.839. The Balaban J connectivity index is 2.13. The van der Waals surface area contributed by atoms with E-state index in [-0.39, 0.29) is 0 Å². The Morgan fingerprint density at radius 1 is 1.12 bits per heavy atom. The molecular formula is C14H13BrClN. The van der Waals surface area contributed by atoms with Crippen molar-refractivity contribution >= 4 is 33.2 Å². The zero-order chi connectivity index (χ0) is 12.3. The van der Waals surface area contributed by atoms with Crippen LogP contribution in [0.2, 0.25) is 5.02 Å². The van der Waals surface area contributed by atoms with Crippen LogP contribution in [0, 0.1) is 6.92 Å². The van der Waals surface area contributed by atoms with Crippen LogP contribution in [-0.4, -0.2) is 0 Å². The van der Waals surface area contributed by atoms with Crippen molar-refractivity contribution < 1.29 is 0 Å². The Morgan fingerprint density at radius 2 is 1.88 bits per heavy atom. The minimum Gasteiger partial charge on any atom is -0.380 e. The summed E-state index contributed by atoms with van der Waals surface area (Å²) in [4.78, 5) is 0. The number of aryl methyl sites for hydroxylation is 1. The Morgan fingerprint density at radius 3 is 2.65 bits per heavy atom. The molecule has 0 spiro atoms. The molecule has 2 aromatic carbocycles. The lowest BCUT2D eigenvalue weighted by Gasteiger charge is -2.11. The van der Waals surface area contributed by atoms with Crippen LogP contribution in [0.15, 0.2) is 46.9 Å². The standard InChI is InChI=1S/C14H13BrClN/c1-10-5-4-8-13(14(10)15)17-9-11-6-2-3-7-12(11)16/h2-8,17H,9H2,1H3. The van der Waals surface area contributed by atoms with E-state index in [0.717, 1.165) is 27.3 Å². The monoisotopic (exact) mass is 309 g/mol. The maximum Gasteiger partial charge on any atom is 0.0490 e. The Bertz CT molecular complexity index is 525. The summed E-state index contributed by atoms with van der Waals surface area (Å²) >= 11 is 9.69. The molecule has 0 fully saturated rings. The van der Waals surface area contributed by atoms with Gasteiger partial charge in [-0.15, -0.1) is 0 Å². The van der Waals surface area contributed by atoms with Crippen molar-refractivity contribution in [3.05, 3.63) is 63.1 Å². The highest BCUT2D eigenvalue weighted by molar-refractivity contribution is 9.10. The molecular weight excluding hydrogens is 298 g/mol. The summed E-state index contributed by atoms with van der Waals surface area (Å²) in [5.41, 5.74) is 3.40. The van der Waals surface area contributed by atoms with Gasteiger partial charge in [0.2, 0.25) is 0 Å². The van der Waals surface area contributed by atoms with E-state index in [2.05, 4.69) is 34.2 Å². The highest BCUT2D eigenvalue weighted by atomic mass is 79.9. The molecule has 88 valence electrons. The average molecular weight is 311 g/mol. The lowest BCUT2D eigenvalue weighted by Crippen LogP contribution is -2.01. The fraction of sp³-hybridized carbons (Fsp3) is 0.143. The number of hydrogen-bond donors (Lipinski definition) is 1. The average Bonchev–Trinajstić information content (AvgIpc) is 2.33. The summed E-state index contributed by atoms with van der Waals surface area (Å²) < 4.78 is 1.10. The molecule has 0 saturated heterocycles. The normalized spacial score (nSPS) is 10.3. The summed E-state index contributed by atoms with van der Waals surface area (Å²) in [5.74, 6) is 0. The topological polar surface area (TPSA) is 12.0 Å². The zero-order valence-electron chi connectivity index (χ0n) is 9.50. The third kappa shape index (κ3) is 3.02. The number of hydrogen-bond acceptors (Lipinski definition) is 1. The van der Waals surface area contributed by atoms with Crippen molar-refractivity contribution in [2.75, 3.05) is 5.32 Å². The van der Waals surface area contributed by atoms with Gasteiger partial charge in [-0.25, -0.2) is 0 Å². The molecule has 0 radical (unpaired) electrons. The van der Waals surface area contributed by atoms with Gasteiger partial charge in [-0.05, 0) is 46.1 Å². The van der Waals surface area contributed by atoms with Gasteiger partial charge in [0, 0.05) is 21.7 Å². The molecule has 0 amide bonds. The second-order valence-corrected chi connectivity index (χ2v) is 5.08. The lowest BCUT2D eigenvalue weighted by atomic mass is 10.2. The molecule has 1 N–H and O–H groups in total. The van der Waals surface area contributed by atoms with Crippen LogP contribution in [0.4, 0.5) is 5.69 Å². The van der Waals surface area contributed by atoms with Crippen molar-refractivity contribution in [1.29, 1.82) is 0 Å². The van der Waals surface area contributed by atoms with Gasteiger partial charge in [0.1, 0.15) is 0 Å². The molecule has 2 rings (SSSR count). The van der Waals surface area contributed by atoms with Crippen LogP contribution >= 0.6 is 27.5 Å². The van der Waals surface area contributed by atoms with E-state index in [1.807, 2.05) is 36.4 Å². The minimum atomic E-state index is 0.724. The van der Waals surface area contributed by atoms with E-state index in [1.54, 1.807) is 0 Å². The van der Waals surface area contributed by atoms with Crippen LogP contribution in [0.1, 0.15) is 11.1 Å². The molecule has 0 unspecified atom stereocenters. The van der Waals surface area contributed by atoms with Gasteiger partial charge >= 0.3 is 0 Å². The largest absolute Gasteiger partial charge is 0.380 e. The minimum absolute atomic E-state index is 0.724. The Kier molecular flexibility index (Phi) is 4.08. The first-order chi connectivity index (χ1) is 8.18. The number of benzene rings is 2. The maximum atomic E-state index is 6.11. The van der Waals surface area contributed by atoms with Gasteiger partial charge < -0.3 is 5.32 Å². The van der Waals surface area contributed by atoms with Crippen LogP contribution in [0.3, 0.4) is 0 Å². The molecule has 2 aromatic rings. The molecule has 17 heavy (non-hydrogen) atoms. The SMILES string of the molecule is Cc1cccc(NCc2ccccc2Cl)c1Br. The Labute approximate surface area is 115 Å². The smallest absolute Gasteiger partial charge is 0.0490 e. The van der Waals surface area contributed by atoms with Crippen molar-refractivity contribution in [1.82, 2.24) is 0 Å². The van der Waals surface area contributed by atoms with Crippen LogP contribution < -0.4 is 5.32 Å². The molecule has 0 aliphatic rings. The maximum absolute atomic E-state index is 6.11. The van der Waals surface area contributed by atoms with E-state index in [9.17, 15) is 0 Å². The van der Waals surface area contributed by atoms with Crippen molar-refractivity contribution in [3.8, 4) is 0 Å². The Hall–Kier alpha value is -0.990. The number of rotatable bonds is 3. The number of anilines is 1. The number of nitrogens with one attached hydrogen (secondary N) is 1. The summed E-state index contributed by atoms with van der Waals surface area (Å²) in [6.07, 6.45) is 0. The van der Waals surface area contributed by atoms with E-state index >= 15 is 0 Å². The van der Waals surface area contributed by atoms with E-state index in [0.29, 0.717) is 0 Å². The molecule has 0 bridgehead atoms. The molecule has 0 atom stereocenters. The highest BCUT2D eigenvalue weighted by Crippen LogP contribution is 2.26. The summed E-state index contributed by atoms with van der Waals surface area (Å²) in [6, 6.07) is 14.0. The van der Waals surface area contributed by atoms with Crippen LogP contribution in [0.5, 0.6) is 0 Å². The van der Waals surface area contributed by atoms with Gasteiger partial charge in [-0.1, -0.05) is 41.9 Å². The van der Waals surface area contributed by atoms with Crippen LogP contribution in [0.25, 0.3) is 0 Å². The third-order valence-corrected chi connectivity index (χ3v) is 4.04. The fourth-order valence-electron chi connectivity index (χ4n) is 1.62. The van der Waals surface area contributed by atoms with E-state index < -0.39 is 0 Å². The molecule has 3 heteroatoms. The van der Waals surface area contributed by atoms with Gasteiger partial charge in [0.15, 0.2) is 0 Å². The van der Waals surface area contributed by atoms with Crippen molar-refractivity contribution in [3.63, 3.8) is 0 Å². The predicted molar refractivity (Wildman–Crippen MR) is 77.7 cm³/mol. The van der Waals surface area contributed by atoms with Crippen molar-refractivity contribution in [2.45, 2.75) is 13.5 Å². The predicted octanol–water partition coefficient (Wildman–Crippen LogP) is 5.02. The van der Waals surface area contributed by atoms with E-state index in [4.69, 9.17) is 11.6 Å². The van der Waals surface area contributed by atoms with E-state index in [1.165, 1.54) is 5.56 Å².